The molecule has 1 heterocycles. The van der Waals surface area contributed by atoms with Crippen molar-refractivity contribution in [2.45, 2.75) is 53.1 Å². The summed E-state index contributed by atoms with van der Waals surface area (Å²) in [6.45, 7) is 10.4. The molecule has 1 aliphatic heterocycles. The Labute approximate surface area is 112 Å². The molecular weight excluding hydrogens is 230 g/mol. The van der Waals surface area contributed by atoms with Gasteiger partial charge in [0.25, 0.3) is 0 Å². The first-order chi connectivity index (χ1) is 8.67. The number of ether oxygens (including phenoxy) is 2. The summed E-state index contributed by atoms with van der Waals surface area (Å²) in [5.41, 5.74) is 0. The topological polar surface area (TPSA) is 38.8 Å². The largest absolute Gasteiger partial charge is 0.444 e. The molecule has 0 spiro atoms. The van der Waals surface area contributed by atoms with Crippen molar-refractivity contribution in [1.29, 1.82) is 0 Å². The van der Waals surface area contributed by atoms with Crippen molar-refractivity contribution in [2.24, 2.45) is 5.92 Å². The molecule has 1 fully saturated rings. The van der Waals surface area contributed by atoms with Gasteiger partial charge >= 0.3 is 6.09 Å². The van der Waals surface area contributed by atoms with Crippen molar-refractivity contribution in [3.8, 4) is 0 Å². The van der Waals surface area contributed by atoms with E-state index in [0.717, 1.165) is 32.4 Å². The van der Waals surface area contributed by atoms with E-state index in [4.69, 9.17) is 9.47 Å². The number of hydrogen-bond donors (Lipinski definition) is 0. The minimum Gasteiger partial charge on any atom is -0.444 e. The number of carbonyl (C=O) groups excluding carboxylic acids is 1. The molecule has 0 aromatic rings. The summed E-state index contributed by atoms with van der Waals surface area (Å²) in [4.78, 5) is 13.6. The summed E-state index contributed by atoms with van der Waals surface area (Å²) in [7, 11) is 1.63. The van der Waals surface area contributed by atoms with Crippen LogP contribution in [-0.4, -0.2) is 43.9 Å². The molecule has 1 aliphatic rings. The molecule has 4 nitrogen and oxygen atoms in total. The average molecular weight is 259 g/mol. The summed E-state index contributed by atoms with van der Waals surface area (Å²) >= 11 is 0. The standard InChI is InChI=1S/C12H23NO3.C2H6/c1-4-5-11(9-15-3)16-12(14)13-7-6-10(2)8-13;1-2/h10-11H,4-9H2,1-3H3;1-2H3. The molecule has 18 heavy (non-hydrogen) atoms. The summed E-state index contributed by atoms with van der Waals surface area (Å²) < 4.78 is 10.5. The van der Waals surface area contributed by atoms with E-state index in [1.807, 2.05) is 13.8 Å². The number of methoxy groups -OCH3 is 1. The van der Waals surface area contributed by atoms with Gasteiger partial charge in [-0.15, -0.1) is 0 Å². The first-order valence-corrected chi connectivity index (χ1v) is 7.11. The zero-order chi connectivity index (χ0) is 14.0. The lowest BCUT2D eigenvalue weighted by Gasteiger charge is -2.21. The first-order valence-electron chi connectivity index (χ1n) is 7.11. The molecular formula is C14H29NO3. The van der Waals surface area contributed by atoms with Crippen LogP contribution in [0, 0.1) is 5.92 Å². The number of likely N-dealkylation sites (tertiary alicyclic amines) is 1. The molecule has 1 amide bonds. The quantitative estimate of drug-likeness (QED) is 0.760. The van der Waals surface area contributed by atoms with Gasteiger partial charge in [-0.25, -0.2) is 4.79 Å². The van der Waals surface area contributed by atoms with Crippen molar-refractivity contribution in [2.75, 3.05) is 26.8 Å². The Morgan fingerprint density at radius 1 is 1.44 bits per heavy atom. The van der Waals surface area contributed by atoms with E-state index >= 15 is 0 Å². The monoisotopic (exact) mass is 259 g/mol. The fraction of sp³-hybridized carbons (Fsp3) is 0.929. The Hall–Kier alpha value is -0.770. The molecule has 4 heteroatoms. The molecule has 1 saturated heterocycles. The Morgan fingerprint density at radius 3 is 2.56 bits per heavy atom. The minimum absolute atomic E-state index is 0.0987. The van der Waals surface area contributed by atoms with Crippen LogP contribution in [0.25, 0.3) is 0 Å². The van der Waals surface area contributed by atoms with E-state index in [0.29, 0.717) is 12.5 Å². The highest BCUT2D eigenvalue weighted by Gasteiger charge is 2.26. The lowest BCUT2D eigenvalue weighted by molar-refractivity contribution is 0.0185. The second kappa shape index (κ2) is 10.2. The van der Waals surface area contributed by atoms with Crippen LogP contribution < -0.4 is 0 Å². The van der Waals surface area contributed by atoms with Crippen LogP contribution in [0.15, 0.2) is 0 Å². The van der Waals surface area contributed by atoms with Crippen molar-refractivity contribution in [3.63, 3.8) is 0 Å². The highest BCUT2D eigenvalue weighted by Crippen LogP contribution is 2.17. The van der Waals surface area contributed by atoms with Crippen LogP contribution in [0.3, 0.4) is 0 Å². The summed E-state index contributed by atoms with van der Waals surface area (Å²) in [5.74, 6) is 0.597. The van der Waals surface area contributed by atoms with E-state index in [1.54, 1.807) is 12.0 Å². The molecule has 0 aliphatic carbocycles. The summed E-state index contributed by atoms with van der Waals surface area (Å²) in [6.07, 6.45) is 2.66. The third-order valence-electron chi connectivity index (χ3n) is 2.91. The average Bonchev–Trinajstić information content (AvgIpc) is 2.79. The van der Waals surface area contributed by atoms with Gasteiger partial charge < -0.3 is 14.4 Å². The molecule has 2 atom stereocenters. The maximum absolute atomic E-state index is 11.8. The normalized spacial score (nSPS) is 20.1. The van der Waals surface area contributed by atoms with Crippen LogP contribution >= 0.6 is 0 Å². The third kappa shape index (κ3) is 6.24. The maximum atomic E-state index is 11.8. The third-order valence-corrected chi connectivity index (χ3v) is 2.91. The van der Waals surface area contributed by atoms with Crippen molar-refractivity contribution < 1.29 is 14.3 Å². The van der Waals surface area contributed by atoms with E-state index in [9.17, 15) is 4.79 Å². The van der Waals surface area contributed by atoms with Crippen LogP contribution in [0.2, 0.25) is 0 Å². The van der Waals surface area contributed by atoms with Crippen LogP contribution in [0.1, 0.15) is 47.0 Å². The number of carbonyl (C=O) groups is 1. The number of hydrogen-bond acceptors (Lipinski definition) is 3. The van der Waals surface area contributed by atoms with E-state index in [-0.39, 0.29) is 12.2 Å². The second-order valence-corrected chi connectivity index (χ2v) is 4.59. The summed E-state index contributed by atoms with van der Waals surface area (Å²) in [6, 6.07) is 0. The molecule has 2 unspecified atom stereocenters. The fourth-order valence-corrected chi connectivity index (χ4v) is 2.00. The van der Waals surface area contributed by atoms with Gasteiger partial charge in [0.1, 0.15) is 6.10 Å². The van der Waals surface area contributed by atoms with E-state index in [2.05, 4.69) is 13.8 Å². The van der Waals surface area contributed by atoms with E-state index < -0.39 is 0 Å². The zero-order valence-electron chi connectivity index (χ0n) is 12.6. The smallest absolute Gasteiger partial charge is 0.410 e. The number of amides is 1. The number of rotatable bonds is 5. The van der Waals surface area contributed by atoms with Gasteiger partial charge in [-0.3, -0.25) is 0 Å². The van der Waals surface area contributed by atoms with Gasteiger partial charge in [0, 0.05) is 20.2 Å². The second-order valence-electron chi connectivity index (χ2n) is 4.59. The predicted octanol–water partition coefficient (Wildman–Crippen LogP) is 3.31. The molecule has 108 valence electrons. The SMILES string of the molecule is CC.CCCC(COC)OC(=O)N1CCC(C)C1. The van der Waals surface area contributed by atoms with Crippen molar-refractivity contribution >= 4 is 6.09 Å². The van der Waals surface area contributed by atoms with Gasteiger partial charge in [-0.1, -0.05) is 34.1 Å². The Kier molecular flexibility index (Phi) is 9.74. The molecule has 0 saturated carbocycles. The fourth-order valence-electron chi connectivity index (χ4n) is 2.00. The molecule has 0 aromatic carbocycles. The van der Waals surface area contributed by atoms with Gasteiger partial charge in [0.05, 0.1) is 6.61 Å². The van der Waals surface area contributed by atoms with Gasteiger partial charge in [-0.2, -0.15) is 0 Å². The number of nitrogens with zero attached hydrogens (tertiary/aromatic N) is 1. The molecule has 1 rings (SSSR count). The van der Waals surface area contributed by atoms with Crippen LogP contribution in [-0.2, 0) is 9.47 Å². The molecule has 0 bridgehead atoms. The molecule has 0 aromatic heterocycles. The van der Waals surface area contributed by atoms with Crippen LogP contribution in [0.4, 0.5) is 4.79 Å². The van der Waals surface area contributed by atoms with Crippen molar-refractivity contribution in [1.82, 2.24) is 4.90 Å². The van der Waals surface area contributed by atoms with Crippen LogP contribution in [0.5, 0.6) is 0 Å². The highest BCUT2D eigenvalue weighted by atomic mass is 16.6. The Bertz CT molecular complexity index is 215. The Balaban J connectivity index is 0.00000137. The molecule has 0 radical (unpaired) electrons. The summed E-state index contributed by atoms with van der Waals surface area (Å²) in [5, 5.41) is 0. The molecule has 0 N–H and O–H groups in total. The highest BCUT2D eigenvalue weighted by molar-refractivity contribution is 5.68. The minimum atomic E-state index is -0.181. The predicted molar refractivity (Wildman–Crippen MR) is 73.8 cm³/mol. The lowest BCUT2D eigenvalue weighted by Crippen LogP contribution is -2.34. The van der Waals surface area contributed by atoms with E-state index in [1.165, 1.54) is 0 Å². The lowest BCUT2D eigenvalue weighted by atomic mass is 10.2. The van der Waals surface area contributed by atoms with Crippen molar-refractivity contribution in [3.05, 3.63) is 0 Å². The first kappa shape index (κ1) is 17.2. The van der Waals surface area contributed by atoms with Gasteiger partial charge in [0.2, 0.25) is 0 Å². The van der Waals surface area contributed by atoms with Gasteiger partial charge in [0.15, 0.2) is 0 Å². The van der Waals surface area contributed by atoms with Gasteiger partial charge in [-0.05, 0) is 18.8 Å². The maximum Gasteiger partial charge on any atom is 0.410 e. The zero-order valence-corrected chi connectivity index (χ0v) is 12.6. The Morgan fingerprint density at radius 2 is 2.11 bits per heavy atom.